The van der Waals surface area contributed by atoms with E-state index >= 15 is 0 Å². The fourth-order valence-electron chi connectivity index (χ4n) is 2.79. The molecule has 4 atom stereocenters. The summed E-state index contributed by atoms with van der Waals surface area (Å²) < 4.78 is 23.5. The number of rotatable bonds is 3. The standard InChI is InChI=1S/C14H26O5/c1-9-8-16-13(2,3)18-11(9)12-10(6-7-15)17-14(4,5)19-12/h9-12,15H,6-8H2,1-5H3/t9?,10?,11-,12-/m1/s1. The van der Waals surface area contributed by atoms with Crippen molar-refractivity contribution >= 4 is 0 Å². The number of aliphatic hydroxyl groups excluding tert-OH is 1. The molecule has 5 nitrogen and oxygen atoms in total. The molecule has 19 heavy (non-hydrogen) atoms. The molecule has 0 aromatic rings. The van der Waals surface area contributed by atoms with Crippen LogP contribution in [0.3, 0.4) is 0 Å². The van der Waals surface area contributed by atoms with Gasteiger partial charge in [-0.2, -0.15) is 0 Å². The van der Waals surface area contributed by atoms with Crippen LogP contribution in [0.1, 0.15) is 41.0 Å². The molecule has 2 aliphatic rings. The van der Waals surface area contributed by atoms with Crippen LogP contribution in [-0.2, 0) is 18.9 Å². The van der Waals surface area contributed by atoms with Crippen LogP contribution in [0.25, 0.3) is 0 Å². The zero-order valence-corrected chi connectivity index (χ0v) is 12.5. The average Bonchev–Trinajstić information content (AvgIpc) is 2.58. The largest absolute Gasteiger partial charge is 0.396 e. The van der Waals surface area contributed by atoms with E-state index in [2.05, 4.69) is 6.92 Å². The lowest BCUT2D eigenvalue weighted by atomic mass is 9.94. The van der Waals surface area contributed by atoms with E-state index in [1.807, 2.05) is 27.7 Å². The molecule has 0 aromatic heterocycles. The van der Waals surface area contributed by atoms with E-state index in [-0.39, 0.29) is 30.8 Å². The Labute approximate surface area is 115 Å². The van der Waals surface area contributed by atoms with Gasteiger partial charge in [0.05, 0.1) is 18.8 Å². The predicted octanol–water partition coefficient (Wildman–Crippen LogP) is 1.68. The first kappa shape index (κ1) is 15.2. The maximum atomic E-state index is 9.18. The van der Waals surface area contributed by atoms with Crippen LogP contribution in [0.15, 0.2) is 0 Å². The SMILES string of the molecule is CC1COC(C)(C)O[C@H]1[C@@H]1OC(C)(C)OC1CCO. The second kappa shape index (κ2) is 5.30. The van der Waals surface area contributed by atoms with Crippen molar-refractivity contribution in [1.29, 1.82) is 0 Å². The van der Waals surface area contributed by atoms with Crippen molar-refractivity contribution in [3.8, 4) is 0 Å². The molecule has 2 unspecified atom stereocenters. The summed E-state index contributed by atoms with van der Waals surface area (Å²) in [6.07, 6.45) is 0.172. The lowest BCUT2D eigenvalue weighted by Crippen LogP contribution is -2.52. The molecule has 112 valence electrons. The molecule has 5 heteroatoms. The van der Waals surface area contributed by atoms with Crippen molar-refractivity contribution in [3.63, 3.8) is 0 Å². The zero-order valence-electron chi connectivity index (χ0n) is 12.5. The third kappa shape index (κ3) is 3.47. The Hall–Kier alpha value is -0.200. The Kier molecular flexibility index (Phi) is 4.23. The second-order valence-corrected chi connectivity index (χ2v) is 6.42. The van der Waals surface area contributed by atoms with Gasteiger partial charge in [-0.1, -0.05) is 6.92 Å². The molecule has 0 aromatic carbocycles. The highest BCUT2D eigenvalue weighted by Crippen LogP contribution is 2.38. The van der Waals surface area contributed by atoms with Crippen LogP contribution >= 0.6 is 0 Å². The van der Waals surface area contributed by atoms with Gasteiger partial charge in [-0.15, -0.1) is 0 Å². The minimum absolute atomic E-state index is 0.0814. The van der Waals surface area contributed by atoms with Crippen molar-refractivity contribution in [2.45, 2.75) is 70.9 Å². The second-order valence-electron chi connectivity index (χ2n) is 6.42. The molecule has 0 aliphatic carbocycles. The van der Waals surface area contributed by atoms with Gasteiger partial charge in [0.1, 0.15) is 6.10 Å². The molecular formula is C14H26O5. The van der Waals surface area contributed by atoms with E-state index in [1.165, 1.54) is 0 Å². The van der Waals surface area contributed by atoms with Crippen LogP contribution in [0.5, 0.6) is 0 Å². The average molecular weight is 274 g/mol. The third-order valence-corrected chi connectivity index (χ3v) is 3.63. The quantitative estimate of drug-likeness (QED) is 0.848. The zero-order chi connectivity index (χ0) is 14.3. The summed E-state index contributed by atoms with van der Waals surface area (Å²) in [7, 11) is 0. The molecule has 2 rings (SSSR count). The van der Waals surface area contributed by atoms with Crippen molar-refractivity contribution in [2.24, 2.45) is 5.92 Å². The van der Waals surface area contributed by atoms with Gasteiger partial charge in [0.2, 0.25) is 0 Å². The molecule has 2 saturated heterocycles. The summed E-state index contributed by atoms with van der Waals surface area (Å²) in [6, 6.07) is 0. The van der Waals surface area contributed by atoms with Crippen molar-refractivity contribution in [3.05, 3.63) is 0 Å². The molecule has 0 saturated carbocycles. The fourth-order valence-corrected chi connectivity index (χ4v) is 2.79. The normalized spacial score (nSPS) is 41.4. The van der Waals surface area contributed by atoms with Crippen LogP contribution in [0, 0.1) is 5.92 Å². The Morgan fingerprint density at radius 2 is 1.63 bits per heavy atom. The van der Waals surface area contributed by atoms with Crippen molar-refractivity contribution in [2.75, 3.05) is 13.2 Å². The Balaban J connectivity index is 2.13. The van der Waals surface area contributed by atoms with Gasteiger partial charge in [0.25, 0.3) is 0 Å². The number of aliphatic hydroxyl groups is 1. The van der Waals surface area contributed by atoms with E-state index in [4.69, 9.17) is 18.9 Å². The number of hydrogen-bond acceptors (Lipinski definition) is 5. The maximum absolute atomic E-state index is 9.18. The highest BCUT2D eigenvalue weighted by Gasteiger charge is 2.49. The minimum atomic E-state index is -0.629. The number of ether oxygens (including phenoxy) is 4. The molecule has 0 radical (unpaired) electrons. The van der Waals surface area contributed by atoms with Crippen LogP contribution in [-0.4, -0.2) is 48.2 Å². The van der Waals surface area contributed by atoms with E-state index < -0.39 is 11.6 Å². The Morgan fingerprint density at radius 1 is 1.00 bits per heavy atom. The van der Waals surface area contributed by atoms with Crippen LogP contribution in [0.4, 0.5) is 0 Å². The summed E-state index contributed by atoms with van der Waals surface area (Å²) in [5, 5.41) is 9.18. The fraction of sp³-hybridized carbons (Fsp3) is 1.00. The van der Waals surface area contributed by atoms with Crippen molar-refractivity contribution < 1.29 is 24.1 Å². The molecule has 0 spiro atoms. The summed E-state index contributed by atoms with van der Waals surface area (Å²) in [5.41, 5.74) is 0. The smallest absolute Gasteiger partial charge is 0.163 e. The maximum Gasteiger partial charge on any atom is 0.163 e. The monoisotopic (exact) mass is 274 g/mol. The van der Waals surface area contributed by atoms with Gasteiger partial charge in [-0.05, 0) is 34.1 Å². The first-order valence-corrected chi connectivity index (χ1v) is 7.02. The van der Waals surface area contributed by atoms with Crippen molar-refractivity contribution in [1.82, 2.24) is 0 Å². The molecule has 2 aliphatic heterocycles. The van der Waals surface area contributed by atoms with Gasteiger partial charge in [0, 0.05) is 12.5 Å². The first-order valence-electron chi connectivity index (χ1n) is 7.02. The van der Waals surface area contributed by atoms with Gasteiger partial charge in [-0.25, -0.2) is 0 Å². The highest BCUT2D eigenvalue weighted by atomic mass is 16.8. The first-order chi connectivity index (χ1) is 8.74. The molecule has 1 N–H and O–H groups in total. The summed E-state index contributed by atoms with van der Waals surface area (Å²) in [5.74, 6) is -0.996. The Morgan fingerprint density at radius 3 is 2.26 bits per heavy atom. The van der Waals surface area contributed by atoms with Gasteiger partial charge < -0.3 is 24.1 Å². The Bertz CT molecular complexity index is 315. The van der Waals surface area contributed by atoms with E-state index in [0.29, 0.717) is 13.0 Å². The van der Waals surface area contributed by atoms with Crippen LogP contribution < -0.4 is 0 Å². The molecule has 2 fully saturated rings. The summed E-state index contributed by atoms with van der Waals surface area (Å²) in [4.78, 5) is 0. The minimum Gasteiger partial charge on any atom is -0.396 e. The lowest BCUT2D eigenvalue weighted by Gasteiger charge is -2.42. The predicted molar refractivity (Wildman–Crippen MR) is 69.6 cm³/mol. The highest BCUT2D eigenvalue weighted by molar-refractivity contribution is 4.91. The topological polar surface area (TPSA) is 57.2 Å². The third-order valence-electron chi connectivity index (χ3n) is 3.63. The van der Waals surface area contributed by atoms with E-state index in [0.717, 1.165) is 0 Å². The number of hydrogen-bond donors (Lipinski definition) is 1. The van der Waals surface area contributed by atoms with Gasteiger partial charge >= 0.3 is 0 Å². The molecule has 0 amide bonds. The van der Waals surface area contributed by atoms with E-state index in [9.17, 15) is 5.11 Å². The summed E-state index contributed by atoms with van der Waals surface area (Å²) in [6.45, 7) is 10.4. The summed E-state index contributed by atoms with van der Waals surface area (Å²) >= 11 is 0. The van der Waals surface area contributed by atoms with Gasteiger partial charge in [-0.3, -0.25) is 0 Å². The van der Waals surface area contributed by atoms with E-state index in [1.54, 1.807) is 0 Å². The molecule has 2 heterocycles. The lowest BCUT2D eigenvalue weighted by molar-refractivity contribution is -0.310. The molecule has 0 bridgehead atoms. The molecular weight excluding hydrogens is 248 g/mol. The van der Waals surface area contributed by atoms with Gasteiger partial charge in [0.15, 0.2) is 11.6 Å². The van der Waals surface area contributed by atoms with Crippen LogP contribution in [0.2, 0.25) is 0 Å².